The lowest BCUT2D eigenvalue weighted by Gasteiger charge is -2.37. The van der Waals surface area contributed by atoms with Crippen LogP contribution in [0.4, 0.5) is 35.3 Å². The van der Waals surface area contributed by atoms with Crippen molar-refractivity contribution in [3.05, 3.63) is 76.2 Å². The number of anilines is 3. The molecule has 1 aromatic heterocycles. The predicted octanol–water partition coefficient (Wildman–Crippen LogP) is 3.47. The molecule has 0 spiro atoms. The minimum atomic E-state index is -4.49. The van der Waals surface area contributed by atoms with Crippen molar-refractivity contribution in [1.82, 2.24) is 19.8 Å². The molecule has 3 aromatic rings. The number of hydrogen-bond acceptors (Lipinski definition) is 7. The van der Waals surface area contributed by atoms with Crippen LogP contribution in [0.2, 0.25) is 0 Å². The molecule has 0 unspecified atom stereocenters. The number of nitrogens with one attached hydrogen (secondary N) is 2. The smallest absolute Gasteiger partial charge is 0.416 e. The summed E-state index contributed by atoms with van der Waals surface area (Å²) in [6.45, 7) is 5.27. The molecule has 0 bridgehead atoms. The maximum atomic E-state index is 13.0. The SMILES string of the molecule is COc1ccccc1N1CCN(Cc2cc(=O)[nH]c(N3CCN(C(=O)Nc4cccc(C(F)(F)F)c4)CC3)n2)CC1. The van der Waals surface area contributed by atoms with Gasteiger partial charge in [0.1, 0.15) is 5.75 Å². The lowest BCUT2D eigenvalue weighted by atomic mass is 10.2. The summed E-state index contributed by atoms with van der Waals surface area (Å²) in [4.78, 5) is 40.6. The number of alkyl halides is 3. The number of para-hydroxylation sites is 2. The van der Waals surface area contributed by atoms with Crippen molar-refractivity contribution in [2.24, 2.45) is 0 Å². The topological polar surface area (TPSA) is 97.0 Å². The molecular formula is C28H32F3N7O3. The van der Waals surface area contributed by atoms with Gasteiger partial charge in [-0.1, -0.05) is 18.2 Å². The third-order valence-corrected chi connectivity index (χ3v) is 7.27. The van der Waals surface area contributed by atoms with Gasteiger partial charge in [-0.3, -0.25) is 14.7 Å². The number of halogens is 3. The highest BCUT2D eigenvalue weighted by Crippen LogP contribution is 2.31. The van der Waals surface area contributed by atoms with Gasteiger partial charge in [0, 0.05) is 70.7 Å². The normalized spacial score (nSPS) is 16.5. The fourth-order valence-electron chi connectivity index (χ4n) is 5.09. The average molecular weight is 572 g/mol. The molecule has 2 N–H and O–H groups in total. The Morgan fingerprint density at radius 3 is 2.37 bits per heavy atom. The minimum Gasteiger partial charge on any atom is -0.495 e. The summed E-state index contributed by atoms with van der Waals surface area (Å²) in [6.07, 6.45) is -4.49. The summed E-state index contributed by atoms with van der Waals surface area (Å²) in [5.74, 6) is 1.29. The van der Waals surface area contributed by atoms with Crippen molar-refractivity contribution < 1.29 is 22.7 Å². The van der Waals surface area contributed by atoms with Crippen LogP contribution in [0.5, 0.6) is 5.75 Å². The van der Waals surface area contributed by atoms with Crippen LogP contribution in [0.25, 0.3) is 0 Å². The number of rotatable bonds is 6. The quantitative estimate of drug-likeness (QED) is 0.468. The van der Waals surface area contributed by atoms with E-state index in [1.165, 1.54) is 23.1 Å². The number of methoxy groups -OCH3 is 1. The molecule has 0 radical (unpaired) electrons. The van der Waals surface area contributed by atoms with Crippen LogP contribution in [-0.2, 0) is 12.7 Å². The van der Waals surface area contributed by atoms with Gasteiger partial charge in [-0.15, -0.1) is 0 Å². The molecule has 0 atom stereocenters. The third kappa shape index (κ3) is 6.91. The summed E-state index contributed by atoms with van der Waals surface area (Å²) in [5, 5.41) is 2.54. The molecule has 2 aliphatic rings. The molecule has 5 rings (SSSR count). The zero-order chi connectivity index (χ0) is 29.0. The van der Waals surface area contributed by atoms with Gasteiger partial charge in [0.2, 0.25) is 5.95 Å². The molecule has 2 saturated heterocycles. The third-order valence-electron chi connectivity index (χ3n) is 7.27. The van der Waals surface area contributed by atoms with Crippen molar-refractivity contribution in [3.63, 3.8) is 0 Å². The van der Waals surface area contributed by atoms with Gasteiger partial charge < -0.3 is 24.8 Å². The zero-order valence-electron chi connectivity index (χ0n) is 22.7. The van der Waals surface area contributed by atoms with Gasteiger partial charge in [0.25, 0.3) is 5.56 Å². The lowest BCUT2D eigenvalue weighted by Crippen LogP contribution is -2.51. The monoisotopic (exact) mass is 571 g/mol. The van der Waals surface area contributed by atoms with Gasteiger partial charge in [-0.2, -0.15) is 13.2 Å². The number of amides is 2. The van der Waals surface area contributed by atoms with Gasteiger partial charge in [-0.05, 0) is 30.3 Å². The fourth-order valence-corrected chi connectivity index (χ4v) is 5.09. The highest BCUT2D eigenvalue weighted by molar-refractivity contribution is 5.89. The van der Waals surface area contributed by atoms with Crippen LogP contribution in [0.3, 0.4) is 0 Å². The number of piperazine rings is 2. The molecule has 10 nitrogen and oxygen atoms in total. The second-order valence-corrected chi connectivity index (χ2v) is 9.98. The molecule has 0 saturated carbocycles. The van der Waals surface area contributed by atoms with Crippen molar-refractivity contribution in [1.29, 1.82) is 0 Å². The number of aromatic amines is 1. The summed E-state index contributed by atoms with van der Waals surface area (Å²) in [5.41, 5.74) is 0.735. The van der Waals surface area contributed by atoms with E-state index in [9.17, 15) is 22.8 Å². The molecule has 2 aromatic carbocycles. The molecule has 2 amide bonds. The summed E-state index contributed by atoms with van der Waals surface area (Å²) in [6, 6.07) is 13.5. The van der Waals surface area contributed by atoms with Crippen molar-refractivity contribution >= 4 is 23.4 Å². The van der Waals surface area contributed by atoms with E-state index in [0.29, 0.717) is 44.4 Å². The summed E-state index contributed by atoms with van der Waals surface area (Å²) in [7, 11) is 1.67. The fraction of sp³-hybridized carbons (Fsp3) is 0.393. The molecule has 3 heterocycles. The number of benzene rings is 2. The van der Waals surface area contributed by atoms with E-state index in [1.54, 1.807) is 7.11 Å². The van der Waals surface area contributed by atoms with Crippen LogP contribution in [0, 0.1) is 0 Å². The maximum Gasteiger partial charge on any atom is 0.416 e. The minimum absolute atomic E-state index is 0.0784. The molecule has 2 aliphatic heterocycles. The van der Waals surface area contributed by atoms with Gasteiger partial charge in [-0.25, -0.2) is 9.78 Å². The molecule has 2 fully saturated rings. The van der Waals surface area contributed by atoms with Crippen molar-refractivity contribution in [2.45, 2.75) is 12.7 Å². The Bertz CT molecular complexity index is 1420. The number of nitrogens with zero attached hydrogens (tertiary/aromatic N) is 5. The highest BCUT2D eigenvalue weighted by Gasteiger charge is 2.31. The number of carbonyl (C=O) groups is 1. The molecular weight excluding hydrogens is 539 g/mol. The Hall–Kier alpha value is -4.26. The maximum absolute atomic E-state index is 13.0. The molecule has 0 aliphatic carbocycles. The Morgan fingerprint density at radius 2 is 1.66 bits per heavy atom. The van der Waals surface area contributed by atoms with E-state index >= 15 is 0 Å². The van der Waals surface area contributed by atoms with Crippen molar-refractivity contribution in [2.75, 3.05) is 74.6 Å². The Balaban J connectivity index is 1.15. The number of carbonyl (C=O) groups excluding carboxylic acids is 1. The van der Waals surface area contributed by atoms with Crippen LogP contribution in [0.1, 0.15) is 11.3 Å². The average Bonchev–Trinajstić information content (AvgIpc) is 2.97. The molecule has 13 heteroatoms. The first-order valence-electron chi connectivity index (χ1n) is 13.4. The van der Waals surface area contributed by atoms with Gasteiger partial charge in [0.15, 0.2) is 0 Å². The van der Waals surface area contributed by atoms with Crippen LogP contribution < -0.4 is 25.4 Å². The summed E-state index contributed by atoms with van der Waals surface area (Å²) < 4.78 is 44.5. The second-order valence-electron chi connectivity index (χ2n) is 9.98. The molecule has 218 valence electrons. The van der Waals surface area contributed by atoms with Crippen LogP contribution in [-0.4, -0.2) is 85.3 Å². The first-order chi connectivity index (χ1) is 19.7. The van der Waals surface area contributed by atoms with E-state index in [1.807, 2.05) is 29.2 Å². The van der Waals surface area contributed by atoms with Crippen LogP contribution >= 0.6 is 0 Å². The lowest BCUT2D eigenvalue weighted by molar-refractivity contribution is -0.137. The Morgan fingerprint density at radius 1 is 0.951 bits per heavy atom. The number of H-pyrrole nitrogens is 1. The van der Waals surface area contributed by atoms with E-state index in [-0.39, 0.29) is 11.2 Å². The first-order valence-corrected chi connectivity index (χ1v) is 13.4. The van der Waals surface area contributed by atoms with Gasteiger partial charge >= 0.3 is 12.2 Å². The predicted molar refractivity (Wildman–Crippen MR) is 150 cm³/mol. The number of aromatic nitrogens is 2. The Labute approximate surface area is 235 Å². The highest BCUT2D eigenvalue weighted by atomic mass is 19.4. The zero-order valence-corrected chi connectivity index (χ0v) is 22.7. The van der Waals surface area contributed by atoms with Gasteiger partial charge in [0.05, 0.1) is 24.1 Å². The van der Waals surface area contributed by atoms with E-state index in [2.05, 4.69) is 20.1 Å². The standard InChI is InChI=1S/C28H32F3N7O3/c1-41-24-8-3-2-7-23(24)36-11-9-35(10-12-36)19-22-18-25(39)34-26(32-22)37-13-15-38(16-14-37)27(40)33-21-6-4-5-20(17-21)28(29,30)31/h2-8,17-18H,9-16,19H2,1H3,(H,33,40)(H,32,34,39). The van der Waals surface area contributed by atoms with Crippen LogP contribution in [0.15, 0.2) is 59.4 Å². The number of hydrogen-bond donors (Lipinski definition) is 2. The number of urea groups is 1. The Kier molecular flexibility index (Phi) is 8.34. The van der Waals surface area contributed by atoms with E-state index in [0.717, 1.165) is 49.7 Å². The van der Waals surface area contributed by atoms with E-state index < -0.39 is 17.8 Å². The second kappa shape index (κ2) is 12.1. The number of ether oxygens (including phenoxy) is 1. The van der Waals surface area contributed by atoms with Crippen molar-refractivity contribution in [3.8, 4) is 5.75 Å². The van der Waals surface area contributed by atoms with E-state index in [4.69, 9.17) is 9.72 Å². The summed E-state index contributed by atoms with van der Waals surface area (Å²) >= 11 is 0. The first kappa shape index (κ1) is 28.3. The largest absolute Gasteiger partial charge is 0.495 e. The molecule has 41 heavy (non-hydrogen) atoms.